The molecule has 2 fully saturated rings. The van der Waals surface area contributed by atoms with Gasteiger partial charge in [0.25, 0.3) is 0 Å². The van der Waals surface area contributed by atoms with Gasteiger partial charge in [0.1, 0.15) is 5.75 Å². The molecule has 1 aromatic heterocycles. The van der Waals surface area contributed by atoms with Crippen LogP contribution in [-0.4, -0.2) is 19.1 Å². The molecule has 2 saturated carbocycles. The quantitative estimate of drug-likeness (QED) is 0.883. The first kappa shape index (κ1) is 12.9. The molecule has 104 valence electrons. The molecular formula is C16H24N2O. The first-order chi connectivity index (χ1) is 9.30. The number of hydrogen-bond acceptors (Lipinski definition) is 3. The number of nitrogens with one attached hydrogen (secondary N) is 1. The Hall–Kier alpha value is -1.09. The van der Waals surface area contributed by atoms with E-state index in [1.807, 2.05) is 6.20 Å². The van der Waals surface area contributed by atoms with E-state index in [-0.39, 0.29) is 0 Å². The summed E-state index contributed by atoms with van der Waals surface area (Å²) in [4.78, 5) is 4.28. The second kappa shape index (κ2) is 5.49. The zero-order valence-corrected chi connectivity index (χ0v) is 11.9. The molecule has 1 aromatic rings. The highest BCUT2D eigenvalue weighted by Gasteiger charge is 2.40. The molecule has 3 heteroatoms. The van der Waals surface area contributed by atoms with Gasteiger partial charge in [-0.2, -0.15) is 0 Å². The number of methoxy groups -OCH3 is 1. The monoisotopic (exact) mass is 260 g/mol. The van der Waals surface area contributed by atoms with Crippen molar-refractivity contribution in [1.29, 1.82) is 0 Å². The second-order valence-electron chi connectivity index (χ2n) is 6.17. The van der Waals surface area contributed by atoms with E-state index >= 15 is 0 Å². The van der Waals surface area contributed by atoms with E-state index in [0.717, 1.165) is 23.5 Å². The SMILES string of the molecule is CNC(CC1CC2CCC1C2)c1cncc(OC)c1. The summed E-state index contributed by atoms with van der Waals surface area (Å²) in [5.41, 5.74) is 1.25. The number of fused-ring (bicyclic) bond motifs is 2. The molecule has 2 bridgehead atoms. The van der Waals surface area contributed by atoms with E-state index in [9.17, 15) is 0 Å². The van der Waals surface area contributed by atoms with Gasteiger partial charge >= 0.3 is 0 Å². The third-order valence-electron chi connectivity index (χ3n) is 5.14. The number of ether oxygens (including phenoxy) is 1. The first-order valence-electron chi connectivity index (χ1n) is 7.46. The molecular weight excluding hydrogens is 236 g/mol. The maximum atomic E-state index is 5.28. The van der Waals surface area contributed by atoms with Crippen LogP contribution in [-0.2, 0) is 0 Å². The van der Waals surface area contributed by atoms with Crippen LogP contribution >= 0.6 is 0 Å². The third kappa shape index (κ3) is 2.62. The Balaban J connectivity index is 1.69. The van der Waals surface area contributed by atoms with Crippen molar-refractivity contribution in [2.75, 3.05) is 14.2 Å². The summed E-state index contributed by atoms with van der Waals surface area (Å²) in [6.07, 6.45) is 10.9. The number of rotatable bonds is 5. The van der Waals surface area contributed by atoms with E-state index in [0.29, 0.717) is 6.04 Å². The Morgan fingerprint density at radius 3 is 2.89 bits per heavy atom. The van der Waals surface area contributed by atoms with Crippen LogP contribution in [0.2, 0.25) is 0 Å². The molecule has 0 aliphatic heterocycles. The van der Waals surface area contributed by atoms with E-state index < -0.39 is 0 Å². The van der Waals surface area contributed by atoms with Crippen molar-refractivity contribution in [2.24, 2.45) is 17.8 Å². The van der Waals surface area contributed by atoms with Gasteiger partial charge in [0.2, 0.25) is 0 Å². The molecule has 2 aliphatic carbocycles. The van der Waals surface area contributed by atoms with Crippen LogP contribution in [0.4, 0.5) is 0 Å². The fourth-order valence-electron chi connectivity index (χ4n) is 4.13. The van der Waals surface area contributed by atoms with Gasteiger partial charge in [-0.3, -0.25) is 4.98 Å². The van der Waals surface area contributed by atoms with Crippen LogP contribution in [0.3, 0.4) is 0 Å². The minimum atomic E-state index is 0.409. The molecule has 19 heavy (non-hydrogen) atoms. The van der Waals surface area contributed by atoms with Crippen molar-refractivity contribution < 1.29 is 4.74 Å². The summed E-state index contributed by atoms with van der Waals surface area (Å²) in [5, 5.41) is 3.46. The Labute approximate surface area is 115 Å². The Kier molecular flexibility index (Phi) is 3.74. The average molecular weight is 260 g/mol. The first-order valence-corrected chi connectivity index (χ1v) is 7.46. The molecule has 0 amide bonds. The van der Waals surface area contributed by atoms with Crippen LogP contribution in [0.25, 0.3) is 0 Å². The second-order valence-corrected chi connectivity index (χ2v) is 6.17. The lowest BCUT2D eigenvalue weighted by molar-refractivity contribution is 0.283. The maximum absolute atomic E-state index is 5.28. The van der Waals surface area contributed by atoms with Crippen molar-refractivity contribution >= 4 is 0 Å². The van der Waals surface area contributed by atoms with Gasteiger partial charge in [-0.05, 0) is 62.1 Å². The van der Waals surface area contributed by atoms with Crippen molar-refractivity contribution in [1.82, 2.24) is 10.3 Å². The van der Waals surface area contributed by atoms with Gasteiger partial charge in [-0.1, -0.05) is 6.42 Å². The lowest BCUT2D eigenvalue weighted by atomic mass is 9.83. The van der Waals surface area contributed by atoms with Crippen molar-refractivity contribution in [2.45, 2.75) is 38.1 Å². The molecule has 1 heterocycles. The summed E-state index contributed by atoms with van der Waals surface area (Å²) in [7, 11) is 3.75. The number of pyridine rings is 1. The lowest BCUT2D eigenvalue weighted by Crippen LogP contribution is -2.22. The van der Waals surface area contributed by atoms with Crippen LogP contribution in [0.5, 0.6) is 5.75 Å². The van der Waals surface area contributed by atoms with Crippen molar-refractivity contribution in [3.63, 3.8) is 0 Å². The van der Waals surface area contributed by atoms with Crippen molar-refractivity contribution in [3.8, 4) is 5.75 Å². The van der Waals surface area contributed by atoms with Crippen LogP contribution in [0.15, 0.2) is 18.5 Å². The molecule has 0 aromatic carbocycles. The molecule has 2 aliphatic rings. The van der Waals surface area contributed by atoms with Gasteiger partial charge in [-0.25, -0.2) is 0 Å². The summed E-state index contributed by atoms with van der Waals surface area (Å²) in [6, 6.07) is 2.52. The minimum absolute atomic E-state index is 0.409. The zero-order valence-electron chi connectivity index (χ0n) is 11.9. The average Bonchev–Trinajstić information content (AvgIpc) is 3.07. The largest absolute Gasteiger partial charge is 0.495 e. The van der Waals surface area contributed by atoms with Gasteiger partial charge in [-0.15, -0.1) is 0 Å². The molecule has 4 atom stereocenters. The summed E-state index contributed by atoms with van der Waals surface area (Å²) < 4.78 is 5.28. The van der Waals surface area contributed by atoms with E-state index in [4.69, 9.17) is 4.74 Å². The fourth-order valence-corrected chi connectivity index (χ4v) is 4.13. The van der Waals surface area contributed by atoms with Gasteiger partial charge in [0, 0.05) is 12.2 Å². The van der Waals surface area contributed by atoms with Crippen molar-refractivity contribution in [3.05, 3.63) is 24.0 Å². The van der Waals surface area contributed by atoms with Gasteiger partial charge in [0.15, 0.2) is 0 Å². The van der Waals surface area contributed by atoms with Gasteiger partial charge in [0.05, 0.1) is 13.3 Å². The topological polar surface area (TPSA) is 34.2 Å². The fraction of sp³-hybridized carbons (Fsp3) is 0.688. The number of hydrogen-bond donors (Lipinski definition) is 1. The Morgan fingerprint density at radius 1 is 1.37 bits per heavy atom. The third-order valence-corrected chi connectivity index (χ3v) is 5.14. The Morgan fingerprint density at radius 2 is 2.26 bits per heavy atom. The number of nitrogens with zero attached hydrogens (tertiary/aromatic N) is 1. The molecule has 0 spiro atoms. The highest BCUT2D eigenvalue weighted by molar-refractivity contribution is 5.26. The standard InChI is InChI=1S/C16H24N2O/c1-17-16(14-7-15(19-2)10-18-9-14)8-13-6-11-3-4-12(13)5-11/h7,9-13,16-17H,3-6,8H2,1-2H3. The normalized spacial score (nSPS) is 30.5. The van der Waals surface area contributed by atoms with E-state index in [2.05, 4.69) is 23.4 Å². The minimum Gasteiger partial charge on any atom is -0.495 e. The zero-order chi connectivity index (χ0) is 13.2. The maximum Gasteiger partial charge on any atom is 0.137 e. The van der Waals surface area contributed by atoms with Crippen LogP contribution in [0.1, 0.15) is 43.7 Å². The molecule has 0 radical (unpaired) electrons. The highest BCUT2D eigenvalue weighted by Crippen LogP contribution is 2.50. The molecule has 3 nitrogen and oxygen atoms in total. The Bertz CT molecular complexity index is 435. The summed E-state index contributed by atoms with van der Waals surface area (Å²) in [5.74, 6) is 3.77. The summed E-state index contributed by atoms with van der Waals surface area (Å²) >= 11 is 0. The van der Waals surface area contributed by atoms with Crippen LogP contribution < -0.4 is 10.1 Å². The summed E-state index contributed by atoms with van der Waals surface area (Å²) in [6.45, 7) is 0. The molecule has 4 unspecified atom stereocenters. The van der Waals surface area contributed by atoms with E-state index in [1.54, 1.807) is 13.3 Å². The van der Waals surface area contributed by atoms with Crippen LogP contribution in [0, 0.1) is 17.8 Å². The lowest BCUT2D eigenvalue weighted by Gasteiger charge is -2.26. The predicted octanol–water partition coefficient (Wildman–Crippen LogP) is 3.18. The molecule has 1 N–H and O–H groups in total. The smallest absolute Gasteiger partial charge is 0.137 e. The molecule has 0 saturated heterocycles. The van der Waals surface area contributed by atoms with Gasteiger partial charge < -0.3 is 10.1 Å². The van der Waals surface area contributed by atoms with E-state index in [1.165, 1.54) is 37.7 Å². The number of aromatic nitrogens is 1. The predicted molar refractivity (Wildman–Crippen MR) is 76.1 cm³/mol. The highest BCUT2D eigenvalue weighted by atomic mass is 16.5. The molecule has 3 rings (SSSR count).